The number of aromatic nitrogens is 3. The first-order chi connectivity index (χ1) is 10.2. The lowest BCUT2D eigenvalue weighted by atomic mass is 10.0. The van der Waals surface area contributed by atoms with E-state index >= 15 is 0 Å². The van der Waals surface area contributed by atoms with Gasteiger partial charge in [-0.15, -0.1) is 0 Å². The van der Waals surface area contributed by atoms with Crippen LogP contribution in [0, 0.1) is 11.8 Å². The quantitative estimate of drug-likeness (QED) is 0.898. The Morgan fingerprint density at radius 2 is 1.90 bits per heavy atom. The third-order valence-electron chi connectivity index (χ3n) is 4.29. The van der Waals surface area contributed by atoms with Gasteiger partial charge in [-0.1, -0.05) is 6.42 Å². The van der Waals surface area contributed by atoms with Crippen molar-refractivity contribution in [3.8, 4) is 6.01 Å². The zero-order valence-corrected chi connectivity index (χ0v) is 13.2. The number of rotatable bonds is 5. The molecule has 0 amide bonds. The first kappa shape index (κ1) is 14.4. The van der Waals surface area contributed by atoms with E-state index in [2.05, 4.69) is 25.2 Å². The number of nitrogens with one attached hydrogen (secondary N) is 1. The molecule has 0 aromatic carbocycles. The Labute approximate surface area is 126 Å². The van der Waals surface area contributed by atoms with Crippen molar-refractivity contribution in [2.24, 2.45) is 11.8 Å². The molecule has 2 fully saturated rings. The molecule has 1 aromatic heterocycles. The molecule has 1 N–H and O–H groups in total. The Hall–Kier alpha value is -1.59. The van der Waals surface area contributed by atoms with Crippen LogP contribution in [0.2, 0.25) is 0 Å². The summed E-state index contributed by atoms with van der Waals surface area (Å²) >= 11 is 0. The third-order valence-corrected chi connectivity index (χ3v) is 4.29. The molecule has 21 heavy (non-hydrogen) atoms. The van der Waals surface area contributed by atoms with Gasteiger partial charge in [0.2, 0.25) is 11.9 Å². The molecule has 6 heteroatoms. The smallest absolute Gasteiger partial charge is 0.323 e. The van der Waals surface area contributed by atoms with Crippen molar-refractivity contribution in [2.75, 3.05) is 29.9 Å². The number of hydrogen-bond acceptors (Lipinski definition) is 6. The highest BCUT2D eigenvalue weighted by atomic mass is 16.5. The Morgan fingerprint density at radius 1 is 1.19 bits per heavy atom. The van der Waals surface area contributed by atoms with E-state index in [0.29, 0.717) is 12.0 Å². The monoisotopic (exact) mass is 291 g/mol. The minimum Gasteiger partial charge on any atom is -0.461 e. The van der Waals surface area contributed by atoms with Crippen LogP contribution in [0.25, 0.3) is 0 Å². The summed E-state index contributed by atoms with van der Waals surface area (Å²) in [7, 11) is 0. The third kappa shape index (κ3) is 3.19. The van der Waals surface area contributed by atoms with Gasteiger partial charge in [0.05, 0.1) is 6.10 Å². The summed E-state index contributed by atoms with van der Waals surface area (Å²) in [4.78, 5) is 15.7. The zero-order chi connectivity index (χ0) is 14.8. The van der Waals surface area contributed by atoms with E-state index in [-0.39, 0.29) is 6.10 Å². The lowest BCUT2D eigenvalue weighted by Crippen LogP contribution is -2.24. The van der Waals surface area contributed by atoms with Gasteiger partial charge >= 0.3 is 6.01 Å². The van der Waals surface area contributed by atoms with Crippen molar-refractivity contribution in [1.29, 1.82) is 0 Å². The molecule has 1 aliphatic heterocycles. The molecule has 6 nitrogen and oxygen atoms in total. The summed E-state index contributed by atoms with van der Waals surface area (Å²) < 4.78 is 5.67. The van der Waals surface area contributed by atoms with Crippen LogP contribution in [0.1, 0.15) is 40.0 Å². The molecule has 1 aromatic rings. The van der Waals surface area contributed by atoms with Crippen LogP contribution >= 0.6 is 0 Å². The summed E-state index contributed by atoms with van der Waals surface area (Å²) in [5.74, 6) is 3.00. The van der Waals surface area contributed by atoms with Crippen LogP contribution in [0.15, 0.2) is 0 Å². The van der Waals surface area contributed by atoms with E-state index in [1.54, 1.807) is 0 Å². The van der Waals surface area contributed by atoms with Gasteiger partial charge in [-0.05, 0) is 45.4 Å². The largest absolute Gasteiger partial charge is 0.461 e. The maximum Gasteiger partial charge on any atom is 0.323 e. The molecule has 1 aliphatic carbocycles. The summed E-state index contributed by atoms with van der Waals surface area (Å²) in [5, 5.41) is 3.17. The van der Waals surface area contributed by atoms with Gasteiger partial charge in [-0.2, -0.15) is 15.0 Å². The lowest BCUT2D eigenvalue weighted by molar-refractivity contribution is 0.222. The minimum absolute atomic E-state index is 0.0627. The summed E-state index contributed by atoms with van der Waals surface area (Å²) in [6, 6.07) is 0.419. The van der Waals surface area contributed by atoms with E-state index in [4.69, 9.17) is 4.74 Å². The fourth-order valence-electron chi connectivity index (χ4n) is 3.39. The number of nitrogens with zero attached hydrogens (tertiary/aromatic N) is 4. The number of ether oxygens (including phenoxy) is 1. The van der Waals surface area contributed by atoms with Gasteiger partial charge in [0.25, 0.3) is 0 Å². The van der Waals surface area contributed by atoms with Crippen molar-refractivity contribution in [1.82, 2.24) is 15.0 Å². The van der Waals surface area contributed by atoms with Gasteiger partial charge < -0.3 is 15.0 Å². The highest BCUT2D eigenvalue weighted by Gasteiger charge is 2.37. The molecule has 2 aliphatic rings. The molecular weight excluding hydrogens is 266 g/mol. The fourth-order valence-corrected chi connectivity index (χ4v) is 3.39. The summed E-state index contributed by atoms with van der Waals surface area (Å²) in [5.41, 5.74) is 0. The summed E-state index contributed by atoms with van der Waals surface area (Å²) in [6.07, 6.45) is 4.14. The van der Waals surface area contributed by atoms with Crippen LogP contribution in [-0.2, 0) is 0 Å². The maximum absolute atomic E-state index is 5.67. The van der Waals surface area contributed by atoms with Gasteiger partial charge in [-0.25, -0.2) is 0 Å². The Balaban J connectivity index is 1.81. The van der Waals surface area contributed by atoms with Gasteiger partial charge in [0.15, 0.2) is 0 Å². The van der Waals surface area contributed by atoms with Crippen molar-refractivity contribution >= 4 is 11.9 Å². The minimum atomic E-state index is 0.0627. The van der Waals surface area contributed by atoms with Crippen molar-refractivity contribution in [2.45, 2.75) is 46.1 Å². The fraction of sp³-hybridized carbons (Fsp3) is 0.800. The maximum atomic E-state index is 5.67. The first-order valence-electron chi connectivity index (χ1n) is 8.07. The zero-order valence-electron chi connectivity index (χ0n) is 13.2. The van der Waals surface area contributed by atoms with Crippen molar-refractivity contribution in [3.05, 3.63) is 0 Å². The molecule has 0 radical (unpaired) electrons. The predicted molar refractivity (Wildman–Crippen MR) is 82.8 cm³/mol. The Bertz CT molecular complexity index is 481. The van der Waals surface area contributed by atoms with Gasteiger partial charge in [0.1, 0.15) is 0 Å². The van der Waals surface area contributed by atoms with E-state index in [1.165, 1.54) is 19.3 Å². The van der Waals surface area contributed by atoms with Crippen LogP contribution in [0.5, 0.6) is 6.01 Å². The van der Waals surface area contributed by atoms with E-state index in [9.17, 15) is 0 Å². The van der Waals surface area contributed by atoms with E-state index < -0.39 is 0 Å². The predicted octanol–water partition coefficient (Wildman–Crippen LogP) is 2.33. The molecule has 116 valence electrons. The number of anilines is 2. The molecule has 2 heterocycles. The average Bonchev–Trinajstić information content (AvgIpc) is 2.98. The Morgan fingerprint density at radius 3 is 2.52 bits per heavy atom. The van der Waals surface area contributed by atoms with Crippen molar-refractivity contribution < 1.29 is 4.74 Å². The second-order valence-corrected chi connectivity index (χ2v) is 6.29. The molecule has 0 bridgehead atoms. The topological polar surface area (TPSA) is 63.2 Å². The second kappa shape index (κ2) is 6.03. The molecule has 1 saturated heterocycles. The second-order valence-electron chi connectivity index (χ2n) is 6.29. The normalized spacial score (nSPS) is 24.5. The highest BCUT2D eigenvalue weighted by molar-refractivity contribution is 5.40. The van der Waals surface area contributed by atoms with Crippen molar-refractivity contribution in [3.63, 3.8) is 0 Å². The first-order valence-corrected chi connectivity index (χ1v) is 8.07. The number of hydrogen-bond donors (Lipinski definition) is 1. The van der Waals surface area contributed by atoms with Gasteiger partial charge in [0, 0.05) is 19.6 Å². The van der Waals surface area contributed by atoms with E-state index in [0.717, 1.165) is 37.4 Å². The van der Waals surface area contributed by atoms with Crippen LogP contribution in [-0.4, -0.2) is 40.7 Å². The molecule has 3 rings (SSSR count). The SMILES string of the molecule is CCNc1nc(OC(C)C)nc(N2CC3CCCC3C2)n1. The average molecular weight is 291 g/mol. The summed E-state index contributed by atoms with van der Waals surface area (Å²) in [6.45, 7) is 8.93. The standard InChI is InChI=1S/C15H25N5O/c1-4-16-13-17-14(19-15(18-13)21-10(2)3)20-8-11-6-5-7-12(11)9-20/h10-12H,4-9H2,1-3H3,(H,16,17,18,19). The Kier molecular flexibility index (Phi) is 4.12. The van der Waals surface area contributed by atoms with Crippen LogP contribution < -0.4 is 15.0 Å². The van der Waals surface area contributed by atoms with Crippen LogP contribution in [0.4, 0.5) is 11.9 Å². The molecule has 2 atom stereocenters. The van der Waals surface area contributed by atoms with Gasteiger partial charge in [-0.3, -0.25) is 0 Å². The lowest BCUT2D eigenvalue weighted by Gasteiger charge is -2.19. The number of fused-ring (bicyclic) bond motifs is 1. The van der Waals surface area contributed by atoms with Crippen LogP contribution in [0.3, 0.4) is 0 Å². The molecular formula is C15H25N5O. The van der Waals surface area contributed by atoms with E-state index in [1.807, 2.05) is 20.8 Å². The highest BCUT2D eigenvalue weighted by Crippen LogP contribution is 2.39. The molecule has 2 unspecified atom stereocenters. The molecule has 1 saturated carbocycles. The molecule has 0 spiro atoms.